The van der Waals surface area contributed by atoms with Gasteiger partial charge in [0, 0.05) is 46.6 Å². The van der Waals surface area contributed by atoms with Gasteiger partial charge in [0.2, 0.25) is 5.96 Å². The highest BCUT2D eigenvalue weighted by Crippen LogP contribution is 2.57. The second-order valence-corrected chi connectivity index (χ2v) is 17.0. The van der Waals surface area contributed by atoms with Crippen molar-refractivity contribution in [3.63, 3.8) is 0 Å². The zero-order chi connectivity index (χ0) is 38.9. The van der Waals surface area contributed by atoms with Crippen LogP contribution in [0.4, 0.5) is 9.59 Å². The topological polar surface area (TPSA) is 171 Å². The molecular weight excluding hydrogens is 674 g/mol. The van der Waals surface area contributed by atoms with E-state index in [4.69, 9.17) is 14.9 Å². The largest absolute Gasteiger partial charge is 0.504 e. The molecule has 3 aromatic rings. The van der Waals surface area contributed by atoms with Crippen molar-refractivity contribution in [2.75, 3.05) is 19.6 Å². The molecule has 290 valence electrons. The lowest BCUT2D eigenvalue weighted by Gasteiger charge is -2.60. The minimum Gasteiger partial charge on any atom is -0.504 e. The number of aromatic hydroxyl groups is 2. The molecule has 6 N–H and O–H groups in total. The van der Waals surface area contributed by atoms with Crippen molar-refractivity contribution in [1.82, 2.24) is 20.1 Å². The fourth-order valence-corrected chi connectivity index (χ4v) is 8.29. The summed E-state index contributed by atoms with van der Waals surface area (Å²) in [6.07, 6.45) is 4.34. The molecule has 2 heterocycles. The Labute approximate surface area is 313 Å². The van der Waals surface area contributed by atoms with E-state index >= 15 is 0 Å². The maximum atomic E-state index is 13.0. The number of nitrogens with one attached hydrogen (secondary N) is 3. The lowest BCUT2D eigenvalue weighted by molar-refractivity contribution is -0.135. The number of phenols is 2. The van der Waals surface area contributed by atoms with E-state index in [9.17, 15) is 24.9 Å². The number of rotatable bonds is 10. The molecule has 2 amide bonds. The molecule has 1 saturated heterocycles. The predicted molar refractivity (Wildman–Crippen MR) is 206 cm³/mol. The average molecular weight is 734 g/mol. The molecular formula is C41H59N5O7. The van der Waals surface area contributed by atoms with Crippen molar-refractivity contribution in [2.45, 2.75) is 135 Å². The van der Waals surface area contributed by atoms with Crippen molar-refractivity contribution in [3.05, 3.63) is 58.8 Å². The Morgan fingerprint density at radius 2 is 1.66 bits per heavy atom. The minimum atomic E-state index is -1.20. The van der Waals surface area contributed by atoms with Gasteiger partial charge < -0.3 is 29.8 Å². The number of para-hydroxylation sites is 1. The smallest absolute Gasteiger partial charge is 0.417 e. The third kappa shape index (κ3) is 8.59. The van der Waals surface area contributed by atoms with Gasteiger partial charge in [-0.2, -0.15) is 0 Å². The van der Waals surface area contributed by atoms with Crippen LogP contribution >= 0.6 is 0 Å². The molecule has 12 heteroatoms. The number of benzene rings is 2. The molecule has 2 aliphatic rings. The van der Waals surface area contributed by atoms with E-state index in [2.05, 4.69) is 34.3 Å². The number of carbonyl (C=O) groups excluding carboxylic acids is 2. The molecule has 53 heavy (non-hydrogen) atoms. The number of piperidine rings is 1. The molecule has 0 saturated carbocycles. The van der Waals surface area contributed by atoms with Crippen LogP contribution < -0.4 is 5.32 Å². The van der Waals surface area contributed by atoms with E-state index in [1.165, 1.54) is 0 Å². The number of phenolic OH excluding ortho intramolecular Hbond substituents is 2. The number of unbranched alkanes of at least 4 members (excludes halogenated alkanes) is 4. The molecule has 2 bridgehead atoms. The van der Waals surface area contributed by atoms with Gasteiger partial charge in [-0.05, 0) is 117 Å². The van der Waals surface area contributed by atoms with Gasteiger partial charge in [-0.15, -0.1) is 0 Å². The van der Waals surface area contributed by atoms with Gasteiger partial charge in [0.05, 0.1) is 5.60 Å². The van der Waals surface area contributed by atoms with E-state index in [1.54, 1.807) is 47.6 Å². The Morgan fingerprint density at radius 3 is 2.34 bits per heavy atom. The van der Waals surface area contributed by atoms with Crippen LogP contribution in [0.2, 0.25) is 0 Å². The molecule has 1 fully saturated rings. The standard InChI is InChI=1S/C41H59N5O7/c1-26-28-16-12-13-17-29(28)43-30(26)25-41-20-23-45(32(40(41,8)51)24-27-18-19-31(47)34(48)33(27)41)21-14-10-9-11-15-22-46(37(50)53-39(5,6)7)35(42)44-36(49)52-38(2,3)4/h12-13,16-19,32,43,47-48,51H,9-11,14-15,20-25H2,1-8H3,(H2,42,44,49). The molecule has 3 atom stereocenters. The number of fused-ring (bicyclic) bond motifs is 5. The van der Waals surface area contributed by atoms with Crippen molar-refractivity contribution in [1.29, 1.82) is 5.41 Å². The molecule has 2 aromatic carbocycles. The highest BCUT2D eigenvalue weighted by Gasteiger charge is 2.61. The molecule has 12 nitrogen and oxygen atoms in total. The van der Waals surface area contributed by atoms with Gasteiger partial charge in [0.15, 0.2) is 11.5 Å². The van der Waals surface area contributed by atoms with E-state index in [0.717, 1.165) is 71.4 Å². The first-order valence-corrected chi connectivity index (χ1v) is 18.9. The first-order chi connectivity index (χ1) is 24.7. The van der Waals surface area contributed by atoms with Crippen molar-refractivity contribution in [3.8, 4) is 11.5 Å². The van der Waals surface area contributed by atoms with Crippen molar-refractivity contribution < 1.29 is 34.4 Å². The Hall–Kier alpha value is -4.29. The predicted octanol–water partition coefficient (Wildman–Crippen LogP) is 7.40. The van der Waals surface area contributed by atoms with Gasteiger partial charge in [-0.25, -0.2) is 14.5 Å². The SMILES string of the molecule is Cc1c(CC23CCN(CCCCCCCN(C(=N)NC(=O)OC(C)(C)C)C(=O)OC(C)(C)C)C(Cc4ccc(O)c(O)c42)C3(C)O)[nH]c2ccccc12. The minimum absolute atomic E-state index is 0.135. The van der Waals surface area contributed by atoms with Crippen LogP contribution in [0.1, 0.15) is 109 Å². The zero-order valence-electron chi connectivity index (χ0n) is 32.7. The maximum Gasteiger partial charge on any atom is 0.417 e. The Morgan fingerprint density at radius 1 is 1.00 bits per heavy atom. The summed E-state index contributed by atoms with van der Waals surface area (Å²) in [6, 6.07) is 11.4. The third-order valence-corrected chi connectivity index (χ3v) is 10.9. The number of alkyl carbamates (subject to hydrolysis) is 1. The fourth-order valence-electron chi connectivity index (χ4n) is 8.29. The molecule has 1 aliphatic heterocycles. The van der Waals surface area contributed by atoms with Crippen LogP contribution in [0.3, 0.4) is 0 Å². The summed E-state index contributed by atoms with van der Waals surface area (Å²) in [5, 5.41) is 46.5. The summed E-state index contributed by atoms with van der Waals surface area (Å²) in [4.78, 5) is 32.4. The quantitative estimate of drug-likeness (QED) is 0.0542. The van der Waals surface area contributed by atoms with Gasteiger partial charge in [0.1, 0.15) is 11.2 Å². The first kappa shape index (κ1) is 39.9. The van der Waals surface area contributed by atoms with Gasteiger partial charge in [0.25, 0.3) is 0 Å². The van der Waals surface area contributed by atoms with Crippen LogP contribution in [-0.4, -0.2) is 90.7 Å². The number of aromatic amines is 1. The highest BCUT2D eigenvalue weighted by molar-refractivity contribution is 5.99. The average Bonchev–Trinajstić information content (AvgIpc) is 3.34. The number of nitrogens with zero attached hydrogens (tertiary/aromatic N) is 2. The number of hydrogen-bond acceptors (Lipinski definition) is 9. The molecule has 0 spiro atoms. The number of likely N-dealkylation sites (tertiary alicyclic amines) is 1. The molecule has 0 radical (unpaired) electrons. The van der Waals surface area contributed by atoms with E-state index in [-0.39, 0.29) is 30.0 Å². The van der Waals surface area contributed by atoms with Crippen LogP contribution in [0.25, 0.3) is 10.9 Å². The second-order valence-electron chi connectivity index (χ2n) is 17.0. The highest BCUT2D eigenvalue weighted by atomic mass is 16.6. The van der Waals surface area contributed by atoms with Crippen LogP contribution in [0, 0.1) is 12.3 Å². The summed E-state index contributed by atoms with van der Waals surface area (Å²) in [7, 11) is 0. The van der Waals surface area contributed by atoms with Crippen molar-refractivity contribution >= 4 is 29.0 Å². The van der Waals surface area contributed by atoms with E-state index in [1.807, 2.05) is 25.1 Å². The Balaban J connectivity index is 1.21. The summed E-state index contributed by atoms with van der Waals surface area (Å²) >= 11 is 0. The molecule has 1 aliphatic carbocycles. The number of amides is 2. The molecule has 5 rings (SSSR count). The number of aliphatic hydroxyl groups is 1. The maximum absolute atomic E-state index is 13.0. The zero-order valence-corrected chi connectivity index (χ0v) is 32.7. The lowest BCUT2D eigenvalue weighted by Crippen LogP contribution is -2.71. The monoisotopic (exact) mass is 733 g/mol. The van der Waals surface area contributed by atoms with Gasteiger partial charge >= 0.3 is 12.2 Å². The van der Waals surface area contributed by atoms with Gasteiger partial charge in [-0.3, -0.25) is 15.6 Å². The number of H-pyrrole nitrogens is 1. The normalized spacial score (nSPS) is 21.6. The summed E-state index contributed by atoms with van der Waals surface area (Å²) in [5.74, 6) is -0.693. The lowest BCUT2D eigenvalue weighted by atomic mass is 9.53. The number of guanidine groups is 1. The van der Waals surface area contributed by atoms with Crippen LogP contribution in [0.15, 0.2) is 36.4 Å². The second kappa shape index (κ2) is 15.2. The number of aryl methyl sites for hydroxylation is 1. The van der Waals surface area contributed by atoms with Crippen molar-refractivity contribution in [2.24, 2.45) is 0 Å². The number of ether oxygens (including phenoxy) is 2. The van der Waals surface area contributed by atoms with Gasteiger partial charge in [-0.1, -0.05) is 43.5 Å². The number of aromatic nitrogens is 1. The third-order valence-electron chi connectivity index (χ3n) is 10.9. The molecule has 1 aromatic heterocycles. The first-order valence-electron chi connectivity index (χ1n) is 18.9. The number of hydrogen-bond donors (Lipinski definition) is 6. The summed E-state index contributed by atoms with van der Waals surface area (Å²) < 4.78 is 10.8. The van der Waals surface area contributed by atoms with E-state index < -0.39 is 34.4 Å². The Bertz CT molecular complexity index is 1820. The van der Waals surface area contributed by atoms with Crippen LogP contribution in [0.5, 0.6) is 11.5 Å². The summed E-state index contributed by atoms with van der Waals surface area (Å²) in [6.45, 7) is 16.2. The summed E-state index contributed by atoms with van der Waals surface area (Å²) in [5.41, 5.74) is 1.27. The number of carbonyl (C=O) groups is 2. The van der Waals surface area contributed by atoms with E-state index in [0.29, 0.717) is 31.2 Å². The molecule has 3 unspecified atom stereocenters. The Kier molecular flexibility index (Phi) is 11.5. The van der Waals surface area contributed by atoms with Crippen LogP contribution in [-0.2, 0) is 27.7 Å². The fraction of sp³-hybridized carbons (Fsp3) is 0.585.